The van der Waals surface area contributed by atoms with E-state index < -0.39 is 17.7 Å². The molecular weight excluding hydrogens is 311 g/mol. The molecule has 0 fully saturated rings. The number of carboxylic acid groups (broad SMARTS) is 1. The Morgan fingerprint density at radius 1 is 1.47 bits per heavy atom. The average molecular weight is 322 g/mol. The minimum atomic E-state index is -1.84. The molecule has 0 spiro atoms. The molecular formula is C10H11IO4. The fourth-order valence-electron chi connectivity index (χ4n) is 1.26. The van der Waals surface area contributed by atoms with Gasteiger partial charge in [0.05, 0.1) is 0 Å². The minimum absolute atomic E-state index is 0.403. The van der Waals surface area contributed by atoms with Crippen molar-refractivity contribution in [1.29, 1.82) is 0 Å². The number of hydrogen-bond acceptors (Lipinski definition) is 3. The summed E-state index contributed by atoms with van der Waals surface area (Å²) in [6.07, 6.45) is -1.84. The molecule has 0 heterocycles. The molecule has 0 amide bonds. The van der Waals surface area contributed by atoms with Crippen LogP contribution < -0.4 is 0 Å². The Balaban J connectivity index is 3.16. The molecule has 3 N–H and O–H groups in total. The summed E-state index contributed by atoms with van der Waals surface area (Å²) in [5.74, 6) is -1.44. The molecule has 15 heavy (non-hydrogen) atoms. The second-order valence-electron chi connectivity index (χ2n) is 3.37. The zero-order valence-corrected chi connectivity index (χ0v) is 10.2. The van der Waals surface area contributed by atoms with Gasteiger partial charge in [0.2, 0.25) is 0 Å². The summed E-state index contributed by atoms with van der Waals surface area (Å²) < 4.78 is 0.709. The summed E-state index contributed by atoms with van der Waals surface area (Å²) in [7, 11) is 0. The van der Waals surface area contributed by atoms with Crippen molar-refractivity contribution in [2.24, 2.45) is 0 Å². The molecule has 1 aromatic rings. The average Bonchev–Trinajstić information content (AvgIpc) is 2.16. The first-order chi connectivity index (χ1) is 6.87. The van der Waals surface area contributed by atoms with E-state index in [4.69, 9.17) is 5.11 Å². The Bertz CT molecular complexity index is 375. The van der Waals surface area contributed by atoms with E-state index in [-0.39, 0.29) is 0 Å². The predicted molar refractivity (Wildman–Crippen MR) is 62.4 cm³/mol. The number of carbonyl (C=O) groups is 1. The van der Waals surface area contributed by atoms with E-state index in [1.165, 1.54) is 6.92 Å². The molecule has 1 aromatic carbocycles. The molecule has 0 aliphatic heterocycles. The van der Waals surface area contributed by atoms with Gasteiger partial charge in [-0.1, -0.05) is 18.2 Å². The van der Waals surface area contributed by atoms with Crippen molar-refractivity contribution in [3.63, 3.8) is 0 Å². The minimum Gasteiger partial charge on any atom is -0.479 e. The van der Waals surface area contributed by atoms with Crippen molar-refractivity contribution in [2.75, 3.05) is 0 Å². The number of halogens is 1. The summed E-state index contributed by atoms with van der Waals surface area (Å²) in [6, 6.07) is 6.78. The standard InChI is InChI=1S/C10H11IO4/c1-10(15,8(12)9(13)14)6-4-2-3-5-7(6)11/h2-5,8,12,15H,1H3,(H,13,14)/t8-,10-/m1/s1. The number of carboxylic acids is 1. The number of rotatable bonds is 3. The highest BCUT2D eigenvalue weighted by molar-refractivity contribution is 14.1. The lowest BCUT2D eigenvalue weighted by molar-refractivity contribution is -0.162. The Labute approximate surface area is 101 Å². The quantitative estimate of drug-likeness (QED) is 0.724. The maximum absolute atomic E-state index is 10.6. The summed E-state index contributed by atoms with van der Waals surface area (Å²) in [4.78, 5) is 10.6. The van der Waals surface area contributed by atoms with Gasteiger partial charge in [0.1, 0.15) is 5.60 Å². The van der Waals surface area contributed by atoms with Crippen LogP contribution in [0.1, 0.15) is 12.5 Å². The van der Waals surface area contributed by atoms with E-state index in [2.05, 4.69) is 0 Å². The van der Waals surface area contributed by atoms with Crippen LogP contribution in [0.25, 0.3) is 0 Å². The first kappa shape index (κ1) is 12.4. The first-order valence-electron chi connectivity index (χ1n) is 4.25. The molecule has 0 saturated heterocycles. The Hall–Kier alpha value is -0.660. The highest BCUT2D eigenvalue weighted by Crippen LogP contribution is 2.28. The number of hydrogen-bond donors (Lipinski definition) is 3. The van der Waals surface area contributed by atoms with Crippen molar-refractivity contribution < 1.29 is 20.1 Å². The lowest BCUT2D eigenvalue weighted by atomic mass is 9.90. The van der Waals surface area contributed by atoms with Gasteiger partial charge >= 0.3 is 5.97 Å². The zero-order valence-electron chi connectivity index (χ0n) is 8.01. The molecule has 0 aromatic heterocycles. The molecule has 2 atom stereocenters. The summed E-state index contributed by atoms with van der Waals surface area (Å²) in [6.45, 7) is 1.28. The highest BCUT2D eigenvalue weighted by atomic mass is 127. The number of aliphatic hydroxyl groups excluding tert-OH is 1. The van der Waals surface area contributed by atoms with Gasteiger partial charge in [-0.25, -0.2) is 4.79 Å². The first-order valence-corrected chi connectivity index (χ1v) is 5.33. The maximum Gasteiger partial charge on any atom is 0.335 e. The molecule has 0 radical (unpaired) electrons. The highest BCUT2D eigenvalue weighted by Gasteiger charge is 2.38. The van der Waals surface area contributed by atoms with E-state index in [0.29, 0.717) is 9.13 Å². The van der Waals surface area contributed by atoms with Gasteiger partial charge in [-0.2, -0.15) is 0 Å². The SMILES string of the molecule is C[C@@](O)(c1ccccc1I)[C@H](O)C(=O)O. The maximum atomic E-state index is 10.6. The topological polar surface area (TPSA) is 77.8 Å². The fraction of sp³-hybridized carbons (Fsp3) is 0.300. The van der Waals surface area contributed by atoms with E-state index in [0.717, 1.165) is 0 Å². The monoisotopic (exact) mass is 322 g/mol. The smallest absolute Gasteiger partial charge is 0.335 e. The molecule has 1 rings (SSSR count). The van der Waals surface area contributed by atoms with Gasteiger partial charge in [0.15, 0.2) is 6.10 Å². The van der Waals surface area contributed by atoms with Gasteiger partial charge in [0.25, 0.3) is 0 Å². The Morgan fingerprint density at radius 2 is 2.00 bits per heavy atom. The molecule has 0 bridgehead atoms. The van der Waals surface area contributed by atoms with Crippen LogP contribution in [-0.4, -0.2) is 27.4 Å². The number of benzene rings is 1. The number of aliphatic carboxylic acids is 1. The van der Waals surface area contributed by atoms with Gasteiger partial charge in [-0.3, -0.25) is 0 Å². The summed E-state index contributed by atoms with van der Waals surface area (Å²) in [5, 5.41) is 28.0. The summed E-state index contributed by atoms with van der Waals surface area (Å²) >= 11 is 1.98. The van der Waals surface area contributed by atoms with Gasteiger partial charge in [-0.15, -0.1) is 0 Å². The molecule has 4 nitrogen and oxygen atoms in total. The van der Waals surface area contributed by atoms with Crippen LogP contribution in [0.5, 0.6) is 0 Å². The van der Waals surface area contributed by atoms with Crippen LogP contribution >= 0.6 is 22.6 Å². The van der Waals surface area contributed by atoms with Crippen LogP contribution in [0.15, 0.2) is 24.3 Å². The van der Waals surface area contributed by atoms with Gasteiger partial charge in [0, 0.05) is 3.57 Å². The second kappa shape index (κ2) is 4.46. The lowest BCUT2D eigenvalue weighted by Gasteiger charge is -2.27. The third-order valence-corrected chi connectivity index (χ3v) is 3.13. The molecule has 5 heteroatoms. The third-order valence-electron chi connectivity index (χ3n) is 2.19. The summed E-state index contributed by atoms with van der Waals surface area (Å²) in [5.41, 5.74) is -1.38. The second-order valence-corrected chi connectivity index (χ2v) is 4.53. The van der Waals surface area contributed by atoms with E-state index in [1.807, 2.05) is 22.6 Å². The van der Waals surface area contributed by atoms with Crippen molar-refractivity contribution in [3.05, 3.63) is 33.4 Å². The van der Waals surface area contributed by atoms with Crippen molar-refractivity contribution in [2.45, 2.75) is 18.6 Å². The molecule has 0 saturated carbocycles. The molecule has 82 valence electrons. The fourth-order valence-corrected chi connectivity index (χ4v) is 2.19. The normalized spacial score (nSPS) is 16.8. The molecule has 0 unspecified atom stereocenters. The van der Waals surface area contributed by atoms with Crippen molar-refractivity contribution >= 4 is 28.6 Å². The van der Waals surface area contributed by atoms with Crippen LogP contribution in [0, 0.1) is 3.57 Å². The van der Waals surface area contributed by atoms with E-state index in [9.17, 15) is 15.0 Å². The number of aliphatic hydroxyl groups is 2. The van der Waals surface area contributed by atoms with Crippen molar-refractivity contribution in [3.8, 4) is 0 Å². The predicted octanol–water partition coefficient (Wildman–Crippen LogP) is 0.944. The van der Waals surface area contributed by atoms with Gasteiger partial charge in [-0.05, 0) is 41.1 Å². The van der Waals surface area contributed by atoms with Gasteiger partial charge < -0.3 is 15.3 Å². The van der Waals surface area contributed by atoms with Crippen LogP contribution in [0.2, 0.25) is 0 Å². The van der Waals surface area contributed by atoms with E-state index >= 15 is 0 Å². The van der Waals surface area contributed by atoms with Crippen molar-refractivity contribution in [1.82, 2.24) is 0 Å². The molecule has 0 aliphatic rings. The van der Waals surface area contributed by atoms with Crippen LogP contribution in [0.4, 0.5) is 0 Å². The third kappa shape index (κ3) is 2.47. The largest absolute Gasteiger partial charge is 0.479 e. The zero-order chi connectivity index (χ0) is 11.6. The van der Waals surface area contributed by atoms with Crippen LogP contribution in [0.3, 0.4) is 0 Å². The Morgan fingerprint density at radius 3 is 2.47 bits per heavy atom. The molecule has 0 aliphatic carbocycles. The van der Waals surface area contributed by atoms with E-state index in [1.54, 1.807) is 24.3 Å². The Kier molecular flexibility index (Phi) is 3.69. The van der Waals surface area contributed by atoms with Crippen LogP contribution in [-0.2, 0) is 10.4 Å². The lowest BCUT2D eigenvalue weighted by Crippen LogP contribution is -2.42.